The van der Waals surface area contributed by atoms with Crippen LogP contribution in [0.2, 0.25) is 0 Å². The van der Waals surface area contributed by atoms with Crippen molar-refractivity contribution in [2.24, 2.45) is 17.8 Å². The number of carboxylic acids is 1. The van der Waals surface area contributed by atoms with E-state index < -0.39 is 5.97 Å². The van der Waals surface area contributed by atoms with Gasteiger partial charge in [-0.2, -0.15) is 0 Å². The molecule has 2 fully saturated rings. The number of likely N-dealkylation sites (N-methyl/N-ethyl adjacent to an activating group) is 1. The van der Waals surface area contributed by atoms with E-state index >= 15 is 0 Å². The van der Waals surface area contributed by atoms with Gasteiger partial charge in [0, 0.05) is 26.6 Å². The Bertz CT molecular complexity index is 480. The van der Waals surface area contributed by atoms with Crippen LogP contribution in [0.1, 0.15) is 58.3 Å². The Balaban J connectivity index is 1.74. The van der Waals surface area contributed by atoms with Gasteiger partial charge < -0.3 is 14.9 Å². The zero-order chi connectivity index (χ0) is 18.4. The van der Waals surface area contributed by atoms with Crippen molar-refractivity contribution >= 4 is 17.8 Å². The Morgan fingerprint density at radius 1 is 1.08 bits per heavy atom. The molecule has 1 aliphatic carbocycles. The van der Waals surface area contributed by atoms with Gasteiger partial charge in [-0.3, -0.25) is 14.4 Å². The molecule has 1 N–H and O–H groups in total. The lowest BCUT2D eigenvalue weighted by atomic mass is 9.79. The molecule has 2 rings (SSSR count). The number of carbonyl (C=O) groups is 3. The average molecular weight is 352 g/mol. The van der Waals surface area contributed by atoms with Crippen LogP contribution in [-0.2, 0) is 14.4 Å². The molecule has 25 heavy (non-hydrogen) atoms. The molecule has 1 atom stereocenters. The third kappa shape index (κ3) is 5.72. The lowest BCUT2D eigenvalue weighted by Crippen LogP contribution is -2.45. The van der Waals surface area contributed by atoms with Crippen LogP contribution in [0.25, 0.3) is 0 Å². The van der Waals surface area contributed by atoms with Crippen LogP contribution in [0.15, 0.2) is 0 Å². The van der Waals surface area contributed by atoms with Gasteiger partial charge in [-0.1, -0.05) is 39.0 Å². The molecule has 0 bridgehead atoms. The first-order valence-corrected chi connectivity index (χ1v) is 9.63. The Hall–Kier alpha value is -1.59. The van der Waals surface area contributed by atoms with E-state index in [1.807, 2.05) is 0 Å². The van der Waals surface area contributed by atoms with Gasteiger partial charge in [0.25, 0.3) is 0 Å². The average Bonchev–Trinajstić information content (AvgIpc) is 2.62. The second-order valence-corrected chi connectivity index (χ2v) is 7.82. The van der Waals surface area contributed by atoms with E-state index in [1.165, 1.54) is 37.0 Å². The first kappa shape index (κ1) is 19.7. The fourth-order valence-corrected chi connectivity index (χ4v) is 4.07. The molecule has 2 aliphatic rings. The highest BCUT2D eigenvalue weighted by atomic mass is 16.4. The zero-order valence-corrected chi connectivity index (χ0v) is 15.6. The molecule has 1 saturated heterocycles. The van der Waals surface area contributed by atoms with Crippen molar-refractivity contribution < 1.29 is 19.5 Å². The van der Waals surface area contributed by atoms with Crippen molar-refractivity contribution in [2.75, 3.05) is 26.7 Å². The van der Waals surface area contributed by atoms with Gasteiger partial charge in [-0.25, -0.2) is 0 Å². The summed E-state index contributed by atoms with van der Waals surface area (Å²) in [5.41, 5.74) is 0. The minimum absolute atomic E-state index is 0.0341. The zero-order valence-electron chi connectivity index (χ0n) is 15.6. The first-order valence-electron chi connectivity index (χ1n) is 9.63. The van der Waals surface area contributed by atoms with E-state index in [0.717, 1.165) is 0 Å². The summed E-state index contributed by atoms with van der Waals surface area (Å²) in [5.74, 6) is -0.166. The lowest BCUT2D eigenvalue weighted by Gasteiger charge is -2.32. The van der Waals surface area contributed by atoms with E-state index in [9.17, 15) is 14.4 Å². The van der Waals surface area contributed by atoms with Gasteiger partial charge in [-0.15, -0.1) is 0 Å². The highest BCUT2D eigenvalue weighted by Gasteiger charge is 2.28. The molecule has 0 aromatic carbocycles. The van der Waals surface area contributed by atoms with Crippen molar-refractivity contribution in [3.63, 3.8) is 0 Å². The molecular formula is C19H32N2O4. The summed E-state index contributed by atoms with van der Waals surface area (Å²) in [6.45, 7) is 3.18. The number of piperidine rings is 1. The summed E-state index contributed by atoms with van der Waals surface area (Å²) >= 11 is 0. The number of rotatable bonds is 6. The molecular weight excluding hydrogens is 320 g/mol. The summed E-state index contributed by atoms with van der Waals surface area (Å²) in [6.07, 6.45) is 7.79. The summed E-state index contributed by atoms with van der Waals surface area (Å²) in [6, 6.07) is 0. The van der Waals surface area contributed by atoms with Crippen molar-refractivity contribution in [3.05, 3.63) is 0 Å². The van der Waals surface area contributed by atoms with Crippen molar-refractivity contribution in [1.82, 2.24) is 9.80 Å². The molecule has 6 nitrogen and oxygen atoms in total. The Morgan fingerprint density at radius 3 is 2.24 bits per heavy atom. The molecule has 0 spiro atoms. The molecule has 0 aromatic heterocycles. The standard InChI is InChI=1S/C19H32N2O4/c1-14(15-6-4-3-5-7-15)12-17(22)20(2)13-18(23)21-10-8-16(9-11-21)19(24)25/h14-16H,3-13H2,1-2H3,(H,24,25). The largest absolute Gasteiger partial charge is 0.481 e. The topological polar surface area (TPSA) is 77.9 Å². The molecule has 0 aromatic rings. The third-order valence-corrected chi connectivity index (χ3v) is 5.95. The monoisotopic (exact) mass is 352 g/mol. The number of hydrogen-bond donors (Lipinski definition) is 1. The SMILES string of the molecule is CC(CC(=O)N(C)CC(=O)N1CCC(C(=O)O)CC1)C1CCCCC1. The molecule has 0 radical (unpaired) electrons. The fourth-order valence-electron chi connectivity index (χ4n) is 4.07. The van der Waals surface area contributed by atoms with E-state index in [-0.39, 0.29) is 24.3 Å². The van der Waals surface area contributed by atoms with E-state index in [4.69, 9.17) is 5.11 Å². The van der Waals surface area contributed by atoms with Gasteiger partial charge in [0.05, 0.1) is 12.5 Å². The van der Waals surface area contributed by atoms with Crippen LogP contribution in [-0.4, -0.2) is 59.4 Å². The molecule has 2 amide bonds. The van der Waals surface area contributed by atoms with Gasteiger partial charge in [0.2, 0.25) is 11.8 Å². The first-order chi connectivity index (χ1) is 11.9. The fraction of sp³-hybridized carbons (Fsp3) is 0.842. The second-order valence-electron chi connectivity index (χ2n) is 7.82. The lowest BCUT2D eigenvalue weighted by molar-refractivity contribution is -0.146. The van der Waals surface area contributed by atoms with Gasteiger partial charge in [-0.05, 0) is 24.7 Å². The smallest absolute Gasteiger partial charge is 0.306 e. The summed E-state index contributed by atoms with van der Waals surface area (Å²) in [5, 5.41) is 9.02. The minimum Gasteiger partial charge on any atom is -0.481 e. The second kappa shape index (κ2) is 9.20. The Morgan fingerprint density at radius 2 is 1.68 bits per heavy atom. The molecule has 1 saturated carbocycles. The van der Waals surface area contributed by atoms with Gasteiger partial charge >= 0.3 is 5.97 Å². The maximum atomic E-state index is 12.4. The van der Waals surface area contributed by atoms with Gasteiger partial charge in [0.15, 0.2) is 0 Å². The minimum atomic E-state index is -0.781. The van der Waals surface area contributed by atoms with Crippen molar-refractivity contribution in [3.8, 4) is 0 Å². The van der Waals surface area contributed by atoms with Crippen molar-refractivity contribution in [2.45, 2.75) is 58.3 Å². The van der Waals surface area contributed by atoms with Gasteiger partial charge in [0.1, 0.15) is 0 Å². The van der Waals surface area contributed by atoms with E-state index in [0.29, 0.717) is 44.2 Å². The third-order valence-electron chi connectivity index (χ3n) is 5.95. The maximum Gasteiger partial charge on any atom is 0.306 e. The highest BCUT2D eigenvalue weighted by Crippen LogP contribution is 2.31. The van der Waals surface area contributed by atoms with Crippen molar-refractivity contribution in [1.29, 1.82) is 0 Å². The van der Waals surface area contributed by atoms with E-state index in [1.54, 1.807) is 11.9 Å². The number of likely N-dealkylation sites (tertiary alicyclic amines) is 1. The van der Waals surface area contributed by atoms with Crippen LogP contribution in [0.5, 0.6) is 0 Å². The number of carbonyl (C=O) groups excluding carboxylic acids is 2. The van der Waals surface area contributed by atoms with Crippen LogP contribution in [0, 0.1) is 17.8 Å². The number of amides is 2. The number of hydrogen-bond acceptors (Lipinski definition) is 3. The molecule has 1 heterocycles. The summed E-state index contributed by atoms with van der Waals surface area (Å²) in [7, 11) is 1.69. The molecule has 6 heteroatoms. The normalized spacial score (nSPS) is 21.0. The van der Waals surface area contributed by atoms with E-state index in [2.05, 4.69) is 6.92 Å². The molecule has 142 valence electrons. The molecule has 1 unspecified atom stereocenters. The Labute approximate surface area is 150 Å². The van der Waals surface area contributed by atoms with Crippen LogP contribution in [0.3, 0.4) is 0 Å². The highest BCUT2D eigenvalue weighted by molar-refractivity contribution is 5.85. The quantitative estimate of drug-likeness (QED) is 0.796. The number of carboxylic acid groups (broad SMARTS) is 1. The summed E-state index contributed by atoms with van der Waals surface area (Å²) < 4.78 is 0. The molecule has 1 aliphatic heterocycles. The summed E-state index contributed by atoms with van der Waals surface area (Å²) in [4.78, 5) is 39.0. The predicted molar refractivity (Wildman–Crippen MR) is 94.9 cm³/mol. The number of aliphatic carboxylic acids is 1. The predicted octanol–water partition coefficient (Wildman–Crippen LogP) is 2.37. The maximum absolute atomic E-state index is 12.4. The van der Waals surface area contributed by atoms with Crippen LogP contribution < -0.4 is 0 Å². The van der Waals surface area contributed by atoms with Crippen LogP contribution >= 0.6 is 0 Å². The van der Waals surface area contributed by atoms with Crippen LogP contribution in [0.4, 0.5) is 0 Å². The Kier molecular flexibility index (Phi) is 7.26. The number of nitrogens with zero attached hydrogens (tertiary/aromatic N) is 2.